The Labute approximate surface area is 213 Å². The van der Waals surface area contributed by atoms with E-state index in [9.17, 15) is 22.4 Å². The van der Waals surface area contributed by atoms with Crippen LogP contribution in [0.2, 0.25) is 0 Å². The van der Waals surface area contributed by atoms with Crippen LogP contribution in [0.4, 0.5) is 10.1 Å². The summed E-state index contributed by atoms with van der Waals surface area (Å²) in [6.07, 6.45) is 6.14. The Kier molecular flexibility index (Phi) is 9.48. The minimum absolute atomic E-state index is 0.0576. The van der Waals surface area contributed by atoms with E-state index in [0.29, 0.717) is 17.7 Å². The molecule has 0 aromatic heterocycles. The third-order valence-corrected chi connectivity index (χ3v) is 7.81. The Bertz CT molecular complexity index is 1130. The summed E-state index contributed by atoms with van der Waals surface area (Å²) in [5.74, 6) is -1.16. The van der Waals surface area contributed by atoms with E-state index in [-0.39, 0.29) is 18.5 Å². The van der Waals surface area contributed by atoms with Crippen LogP contribution in [-0.2, 0) is 32.6 Å². The fourth-order valence-corrected chi connectivity index (χ4v) is 5.43. The van der Waals surface area contributed by atoms with E-state index in [0.717, 1.165) is 48.2 Å². The molecule has 1 aliphatic rings. The first-order valence-electron chi connectivity index (χ1n) is 12.5. The lowest BCUT2D eigenvalue weighted by molar-refractivity contribution is -0.140. The largest absolute Gasteiger partial charge is 0.352 e. The van der Waals surface area contributed by atoms with Gasteiger partial charge in [-0.1, -0.05) is 51.0 Å². The smallest absolute Gasteiger partial charge is 0.244 e. The molecular formula is C27H36FN3O4S. The molecule has 1 N–H and O–H groups in total. The average molecular weight is 518 g/mol. The molecule has 2 amide bonds. The highest BCUT2D eigenvalue weighted by Gasteiger charge is 2.33. The van der Waals surface area contributed by atoms with Crippen molar-refractivity contribution in [1.82, 2.24) is 10.2 Å². The SMILES string of the molecule is CCc1ccc(N(CC(=O)N(Cc2ccc(F)cc2)[C@H](CC)C(=O)NC2CCCC2)S(C)(=O)=O)cc1. The van der Waals surface area contributed by atoms with Gasteiger partial charge < -0.3 is 10.2 Å². The van der Waals surface area contributed by atoms with E-state index < -0.39 is 34.3 Å². The van der Waals surface area contributed by atoms with Gasteiger partial charge in [0.1, 0.15) is 18.4 Å². The minimum Gasteiger partial charge on any atom is -0.352 e. The number of aryl methyl sites for hydroxylation is 1. The highest BCUT2D eigenvalue weighted by atomic mass is 32.2. The molecule has 0 heterocycles. The van der Waals surface area contributed by atoms with Crippen molar-refractivity contribution in [3.8, 4) is 0 Å². The molecule has 0 saturated heterocycles. The van der Waals surface area contributed by atoms with Gasteiger partial charge in [0, 0.05) is 12.6 Å². The second-order valence-electron chi connectivity index (χ2n) is 9.35. The van der Waals surface area contributed by atoms with Crippen molar-refractivity contribution < 1.29 is 22.4 Å². The van der Waals surface area contributed by atoms with E-state index in [1.807, 2.05) is 26.0 Å². The number of hydrogen-bond donors (Lipinski definition) is 1. The summed E-state index contributed by atoms with van der Waals surface area (Å²) in [7, 11) is -3.78. The second kappa shape index (κ2) is 12.3. The van der Waals surface area contributed by atoms with Crippen LogP contribution in [0, 0.1) is 5.82 Å². The molecule has 1 fully saturated rings. The maximum absolute atomic E-state index is 13.7. The first-order valence-corrected chi connectivity index (χ1v) is 14.4. The molecule has 1 saturated carbocycles. The van der Waals surface area contributed by atoms with E-state index in [1.165, 1.54) is 17.0 Å². The highest BCUT2D eigenvalue weighted by molar-refractivity contribution is 7.92. The quantitative estimate of drug-likeness (QED) is 0.488. The number of halogens is 1. The van der Waals surface area contributed by atoms with Gasteiger partial charge in [-0.15, -0.1) is 0 Å². The molecule has 7 nitrogen and oxygen atoms in total. The molecule has 1 atom stereocenters. The van der Waals surface area contributed by atoms with Gasteiger partial charge in [-0.05, 0) is 61.1 Å². The summed E-state index contributed by atoms with van der Waals surface area (Å²) >= 11 is 0. The number of amides is 2. The molecular weight excluding hydrogens is 481 g/mol. The van der Waals surface area contributed by atoms with Crippen LogP contribution in [0.25, 0.3) is 0 Å². The predicted octanol–water partition coefficient (Wildman–Crippen LogP) is 4.02. The average Bonchev–Trinajstić information content (AvgIpc) is 3.36. The van der Waals surface area contributed by atoms with Crippen molar-refractivity contribution in [2.75, 3.05) is 17.1 Å². The Morgan fingerprint density at radius 2 is 1.58 bits per heavy atom. The zero-order valence-electron chi connectivity index (χ0n) is 21.2. The van der Waals surface area contributed by atoms with E-state index >= 15 is 0 Å². The summed E-state index contributed by atoms with van der Waals surface area (Å²) in [5, 5.41) is 3.06. The summed E-state index contributed by atoms with van der Waals surface area (Å²) < 4.78 is 39.9. The number of sulfonamides is 1. The normalized spacial score (nSPS) is 14.9. The van der Waals surface area contributed by atoms with Crippen molar-refractivity contribution in [2.24, 2.45) is 0 Å². The molecule has 3 rings (SSSR count). The molecule has 0 unspecified atom stereocenters. The first kappa shape index (κ1) is 27.6. The molecule has 0 spiro atoms. The predicted molar refractivity (Wildman–Crippen MR) is 139 cm³/mol. The molecule has 36 heavy (non-hydrogen) atoms. The molecule has 9 heteroatoms. The Morgan fingerprint density at radius 3 is 2.11 bits per heavy atom. The zero-order chi connectivity index (χ0) is 26.3. The van der Waals surface area contributed by atoms with Crippen LogP contribution in [0.3, 0.4) is 0 Å². The van der Waals surface area contributed by atoms with Gasteiger partial charge in [0.15, 0.2) is 0 Å². The van der Waals surface area contributed by atoms with Gasteiger partial charge in [-0.2, -0.15) is 0 Å². The summed E-state index contributed by atoms with van der Waals surface area (Å²) in [4.78, 5) is 28.3. The van der Waals surface area contributed by atoms with Crippen molar-refractivity contribution in [3.63, 3.8) is 0 Å². The minimum atomic E-state index is -3.78. The Hall–Kier alpha value is -2.94. The fourth-order valence-electron chi connectivity index (χ4n) is 4.59. The molecule has 0 aliphatic heterocycles. The second-order valence-corrected chi connectivity index (χ2v) is 11.3. The molecule has 0 bridgehead atoms. The summed E-state index contributed by atoms with van der Waals surface area (Å²) in [5.41, 5.74) is 2.08. The van der Waals surface area contributed by atoms with Gasteiger partial charge in [-0.3, -0.25) is 13.9 Å². The topological polar surface area (TPSA) is 86.8 Å². The zero-order valence-corrected chi connectivity index (χ0v) is 22.1. The van der Waals surface area contributed by atoms with Gasteiger partial charge in [-0.25, -0.2) is 12.8 Å². The van der Waals surface area contributed by atoms with Crippen LogP contribution >= 0.6 is 0 Å². The van der Waals surface area contributed by atoms with Crippen LogP contribution in [0.5, 0.6) is 0 Å². The lowest BCUT2D eigenvalue weighted by Gasteiger charge is -2.33. The fraction of sp³-hybridized carbons (Fsp3) is 0.481. The maximum atomic E-state index is 13.7. The van der Waals surface area contributed by atoms with E-state index in [4.69, 9.17) is 0 Å². The number of hydrogen-bond acceptors (Lipinski definition) is 4. The molecule has 0 radical (unpaired) electrons. The highest BCUT2D eigenvalue weighted by Crippen LogP contribution is 2.22. The molecule has 1 aliphatic carbocycles. The van der Waals surface area contributed by atoms with Crippen LogP contribution < -0.4 is 9.62 Å². The third kappa shape index (κ3) is 7.29. The van der Waals surface area contributed by atoms with E-state index in [1.54, 1.807) is 24.3 Å². The Balaban J connectivity index is 1.90. The summed E-state index contributed by atoms with van der Waals surface area (Å²) in [6, 6.07) is 12.1. The van der Waals surface area contributed by atoms with Crippen LogP contribution in [0.15, 0.2) is 48.5 Å². The van der Waals surface area contributed by atoms with Crippen LogP contribution in [-0.4, -0.2) is 50.0 Å². The van der Waals surface area contributed by atoms with Gasteiger partial charge in [0.05, 0.1) is 11.9 Å². The Morgan fingerprint density at radius 1 is 1.00 bits per heavy atom. The number of benzene rings is 2. The number of carbonyl (C=O) groups is 2. The number of rotatable bonds is 11. The lowest BCUT2D eigenvalue weighted by Crippen LogP contribution is -2.53. The number of nitrogens with one attached hydrogen (secondary N) is 1. The molecule has 2 aromatic carbocycles. The first-order chi connectivity index (χ1) is 17.1. The monoisotopic (exact) mass is 517 g/mol. The maximum Gasteiger partial charge on any atom is 0.244 e. The standard InChI is InChI=1S/C27H36FN3O4S/c1-4-20-12-16-24(17-13-20)31(36(3,34)35)19-26(32)30(18-21-10-14-22(28)15-11-21)25(5-2)27(33)29-23-8-6-7-9-23/h10-17,23,25H,4-9,18-19H2,1-3H3,(H,29,33)/t25-/m1/s1. The molecule has 196 valence electrons. The molecule has 2 aromatic rings. The van der Waals surface area contributed by atoms with Crippen molar-refractivity contribution >= 4 is 27.5 Å². The van der Waals surface area contributed by atoms with Gasteiger partial charge in [0.2, 0.25) is 21.8 Å². The van der Waals surface area contributed by atoms with Crippen LogP contribution in [0.1, 0.15) is 57.1 Å². The summed E-state index contributed by atoms with van der Waals surface area (Å²) in [6.45, 7) is 3.43. The van der Waals surface area contributed by atoms with Crippen molar-refractivity contribution in [1.29, 1.82) is 0 Å². The van der Waals surface area contributed by atoms with Crippen molar-refractivity contribution in [3.05, 3.63) is 65.5 Å². The van der Waals surface area contributed by atoms with Gasteiger partial charge in [0.25, 0.3) is 0 Å². The number of anilines is 1. The number of nitrogens with zero attached hydrogens (tertiary/aromatic N) is 2. The number of carbonyl (C=O) groups excluding carboxylic acids is 2. The van der Waals surface area contributed by atoms with E-state index in [2.05, 4.69) is 5.32 Å². The lowest BCUT2D eigenvalue weighted by atomic mass is 10.1. The van der Waals surface area contributed by atoms with Crippen molar-refractivity contribution in [2.45, 2.75) is 71.0 Å². The third-order valence-electron chi connectivity index (χ3n) is 6.67. The van der Waals surface area contributed by atoms with Gasteiger partial charge >= 0.3 is 0 Å².